The molecule has 1 aromatic heterocycles. The number of carbonyl (C=O) groups excluding carboxylic acids is 1. The maximum atomic E-state index is 12.9. The lowest BCUT2D eigenvalue weighted by Gasteiger charge is -2.29. The monoisotopic (exact) mass is 423 g/mol. The topological polar surface area (TPSA) is 79.4 Å². The molecule has 0 fully saturated rings. The molecule has 0 radical (unpaired) electrons. The summed E-state index contributed by atoms with van der Waals surface area (Å²) in [5, 5.41) is 2.80. The molecule has 0 atom stereocenters. The highest BCUT2D eigenvalue weighted by Gasteiger charge is 2.29. The predicted octanol–water partition coefficient (Wildman–Crippen LogP) is 3.85. The molecule has 1 heterocycles. The zero-order valence-corrected chi connectivity index (χ0v) is 17.3. The number of sulfonamides is 1. The SMILES string of the molecule is CC(C)N(C(C)C)S(=O)(=O)c1ccc2nc(NC(=O)C(Cl)Cl)sc2c1. The van der Waals surface area contributed by atoms with Crippen LogP contribution in [0.5, 0.6) is 0 Å². The van der Waals surface area contributed by atoms with Gasteiger partial charge >= 0.3 is 0 Å². The first-order valence-corrected chi connectivity index (χ1v) is 10.7. The van der Waals surface area contributed by atoms with Gasteiger partial charge < -0.3 is 0 Å². The average Bonchev–Trinajstić information content (AvgIpc) is 2.86. The van der Waals surface area contributed by atoms with Crippen LogP contribution in [0.15, 0.2) is 23.1 Å². The van der Waals surface area contributed by atoms with Crippen molar-refractivity contribution >= 4 is 65.8 Å². The highest BCUT2D eigenvalue weighted by atomic mass is 35.5. The summed E-state index contributed by atoms with van der Waals surface area (Å²) in [5.41, 5.74) is 0.584. The van der Waals surface area contributed by atoms with E-state index < -0.39 is 20.8 Å². The molecule has 0 unspecified atom stereocenters. The third-order valence-electron chi connectivity index (χ3n) is 3.38. The summed E-state index contributed by atoms with van der Waals surface area (Å²) < 4.78 is 28.0. The second kappa shape index (κ2) is 7.75. The number of amides is 1. The number of rotatable bonds is 6. The van der Waals surface area contributed by atoms with Crippen molar-refractivity contribution in [2.75, 3.05) is 5.32 Å². The van der Waals surface area contributed by atoms with Crippen LogP contribution < -0.4 is 5.32 Å². The minimum absolute atomic E-state index is 0.165. The number of nitrogens with zero attached hydrogens (tertiary/aromatic N) is 2. The Bertz CT molecular complexity index is 871. The summed E-state index contributed by atoms with van der Waals surface area (Å²) in [6.45, 7) is 7.35. The van der Waals surface area contributed by atoms with E-state index in [-0.39, 0.29) is 17.0 Å². The van der Waals surface area contributed by atoms with Gasteiger partial charge in [-0.1, -0.05) is 34.5 Å². The molecule has 0 bridgehead atoms. The fourth-order valence-electron chi connectivity index (χ4n) is 2.55. The van der Waals surface area contributed by atoms with Crippen molar-refractivity contribution in [1.82, 2.24) is 9.29 Å². The molecule has 0 aliphatic rings. The Balaban J connectivity index is 2.42. The fourth-order valence-corrected chi connectivity index (χ4v) is 5.50. The summed E-state index contributed by atoms with van der Waals surface area (Å²) in [6.07, 6.45) is 0. The van der Waals surface area contributed by atoms with E-state index in [1.807, 2.05) is 27.7 Å². The highest BCUT2D eigenvalue weighted by Crippen LogP contribution is 2.30. The minimum Gasteiger partial charge on any atom is -0.300 e. The molecule has 1 N–H and O–H groups in total. The first kappa shape index (κ1) is 20.4. The number of fused-ring (bicyclic) bond motifs is 1. The van der Waals surface area contributed by atoms with Gasteiger partial charge in [-0.2, -0.15) is 4.31 Å². The maximum Gasteiger partial charge on any atom is 0.259 e. The number of thiazole rings is 1. The molecule has 138 valence electrons. The third-order valence-corrected chi connectivity index (χ3v) is 6.96. The number of carbonyl (C=O) groups is 1. The molecular formula is C15H19Cl2N3O3S2. The van der Waals surface area contributed by atoms with Crippen LogP contribution in [0, 0.1) is 0 Å². The van der Waals surface area contributed by atoms with E-state index >= 15 is 0 Å². The van der Waals surface area contributed by atoms with E-state index in [1.54, 1.807) is 12.1 Å². The van der Waals surface area contributed by atoms with Crippen molar-refractivity contribution in [2.24, 2.45) is 0 Å². The van der Waals surface area contributed by atoms with Crippen molar-refractivity contribution in [3.63, 3.8) is 0 Å². The summed E-state index contributed by atoms with van der Waals surface area (Å²) in [4.78, 5) is 14.8. The molecule has 2 rings (SSSR count). The molecular weight excluding hydrogens is 405 g/mol. The van der Waals surface area contributed by atoms with Gasteiger partial charge in [-0.05, 0) is 45.9 Å². The Morgan fingerprint density at radius 1 is 1.20 bits per heavy atom. The van der Waals surface area contributed by atoms with Gasteiger partial charge in [0.2, 0.25) is 10.0 Å². The van der Waals surface area contributed by atoms with Gasteiger partial charge in [0.1, 0.15) is 0 Å². The maximum absolute atomic E-state index is 12.9. The number of alkyl halides is 2. The first-order valence-electron chi connectivity index (χ1n) is 7.57. The standard InChI is InChI=1S/C15H19Cl2N3O3S2/c1-8(2)20(9(3)4)25(22,23)10-5-6-11-12(7-10)24-15(18-11)19-14(21)13(16)17/h5-9,13H,1-4H3,(H,18,19,21). The molecule has 0 saturated carbocycles. The van der Waals surface area contributed by atoms with Gasteiger partial charge in [0.25, 0.3) is 5.91 Å². The lowest BCUT2D eigenvalue weighted by atomic mass is 10.3. The van der Waals surface area contributed by atoms with Crippen LogP contribution >= 0.6 is 34.5 Å². The van der Waals surface area contributed by atoms with E-state index in [4.69, 9.17) is 23.2 Å². The number of benzene rings is 1. The Hall–Kier alpha value is -0.930. The van der Waals surface area contributed by atoms with Crippen LogP contribution in [-0.2, 0) is 14.8 Å². The molecule has 25 heavy (non-hydrogen) atoms. The lowest BCUT2D eigenvalue weighted by molar-refractivity contribution is -0.114. The van der Waals surface area contributed by atoms with Gasteiger partial charge in [-0.25, -0.2) is 13.4 Å². The lowest BCUT2D eigenvalue weighted by Crippen LogP contribution is -2.41. The molecule has 0 saturated heterocycles. The molecule has 1 amide bonds. The predicted molar refractivity (Wildman–Crippen MR) is 103 cm³/mol. The van der Waals surface area contributed by atoms with Crippen LogP contribution in [-0.4, -0.2) is 40.5 Å². The second-order valence-electron chi connectivity index (χ2n) is 5.96. The van der Waals surface area contributed by atoms with E-state index in [0.29, 0.717) is 15.3 Å². The number of halogens is 2. The number of hydrogen-bond acceptors (Lipinski definition) is 5. The van der Waals surface area contributed by atoms with E-state index in [0.717, 1.165) is 11.3 Å². The Morgan fingerprint density at radius 3 is 2.32 bits per heavy atom. The van der Waals surface area contributed by atoms with E-state index in [9.17, 15) is 13.2 Å². The van der Waals surface area contributed by atoms with Crippen LogP contribution in [0.4, 0.5) is 5.13 Å². The van der Waals surface area contributed by atoms with Gasteiger partial charge in [-0.3, -0.25) is 10.1 Å². The molecule has 10 heteroatoms. The smallest absolute Gasteiger partial charge is 0.259 e. The van der Waals surface area contributed by atoms with Crippen molar-refractivity contribution in [1.29, 1.82) is 0 Å². The average molecular weight is 424 g/mol. The van der Waals surface area contributed by atoms with E-state index in [1.165, 1.54) is 10.4 Å². The highest BCUT2D eigenvalue weighted by molar-refractivity contribution is 7.89. The molecule has 6 nitrogen and oxygen atoms in total. The number of anilines is 1. The van der Waals surface area contributed by atoms with Gasteiger partial charge in [-0.15, -0.1) is 0 Å². The van der Waals surface area contributed by atoms with Gasteiger partial charge in [0, 0.05) is 12.1 Å². The molecule has 0 aliphatic carbocycles. The number of aromatic nitrogens is 1. The van der Waals surface area contributed by atoms with Crippen LogP contribution in [0.25, 0.3) is 10.2 Å². The molecule has 0 aliphatic heterocycles. The van der Waals surface area contributed by atoms with Crippen molar-refractivity contribution in [2.45, 2.75) is 49.5 Å². The first-order chi connectivity index (χ1) is 11.5. The Morgan fingerprint density at radius 2 is 1.80 bits per heavy atom. The van der Waals surface area contributed by atoms with Gasteiger partial charge in [0.05, 0.1) is 15.1 Å². The molecule has 1 aromatic carbocycles. The molecule has 2 aromatic rings. The summed E-state index contributed by atoms with van der Waals surface area (Å²) in [6, 6.07) is 4.37. The Kier molecular flexibility index (Phi) is 6.32. The van der Waals surface area contributed by atoms with Gasteiger partial charge in [0.15, 0.2) is 9.97 Å². The summed E-state index contributed by atoms with van der Waals surface area (Å²) in [5.74, 6) is -0.582. The zero-order valence-electron chi connectivity index (χ0n) is 14.2. The number of hydrogen-bond donors (Lipinski definition) is 1. The third kappa shape index (κ3) is 4.43. The van der Waals surface area contributed by atoms with Crippen LogP contribution in [0.3, 0.4) is 0 Å². The normalized spacial score (nSPS) is 12.7. The summed E-state index contributed by atoms with van der Waals surface area (Å²) >= 11 is 12.2. The minimum atomic E-state index is -3.64. The zero-order chi connectivity index (χ0) is 18.9. The van der Waals surface area contributed by atoms with Crippen molar-refractivity contribution < 1.29 is 13.2 Å². The fraction of sp³-hybridized carbons (Fsp3) is 0.467. The van der Waals surface area contributed by atoms with Crippen molar-refractivity contribution in [3.05, 3.63) is 18.2 Å². The van der Waals surface area contributed by atoms with Crippen LogP contribution in [0.1, 0.15) is 27.7 Å². The second-order valence-corrected chi connectivity index (χ2v) is 9.93. The van der Waals surface area contributed by atoms with Crippen LogP contribution in [0.2, 0.25) is 0 Å². The number of nitrogens with one attached hydrogen (secondary N) is 1. The van der Waals surface area contributed by atoms with Crippen molar-refractivity contribution in [3.8, 4) is 0 Å². The molecule has 0 spiro atoms. The largest absolute Gasteiger partial charge is 0.300 e. The van der Waals surface area contributed by atoms with E-state index in [2.05, 4.69) is 10.3 Å². The summed E-state index contributed by atoms with van der Waals surface area (Å²) in [7, 11) is -3.64. The Labute approximate surface area is 161 Å². The quantitative estimate of drug-likeness (QED) is 0.715.